The van der Waals surface area contributed by atoms with E-state index in [0.717, 1.165) is 44.4 Å². The SMILES string of the molecule is c1ccc(-c2ccc(-n3c4ccccc4c4cc(-c5ccc6c7ccccc7n(-c7cccc(-c8ccc9c(c8)oc8ccccc89)c7)c6c5)ccc43)cc2)cc1. The first kappa shape index (κ1) is 31.7. The first-order valence-corrected chi connectivity index (χ1v) is 19.5. The van der Waals surface area contributed by atoms with Crippen molar-refractivity contribution < 1.29 is 4.42 Å². The number of aromatic nitrogens is 2. The van der Waals surface area contributed by atoms with Gasteiger partial charge in [0, 0.05) is 43.7 Å². The van der Waals surface area contributed by atoms with Crippen molar-refractivity contribution in [1.29, 1.82) is 0 Å². The zero-order chi connectivity index (χ0) is 37.5. The van der Waals surface area contributed by atoms with Crippen molar-refractivity contribution in [3.05, 3.63) is 206 Å². The lowest BCUT2D eigenvalue weighted by Gasteiger charge is -2.12. The Labute approximate surface area is 328 Å². The molecule has 0 aliphatic carbocycles. The van der Waals surface area contributed by atoms with E-state index in [9.17, 15) is 0 Å². The van der Waals surface area contributed by atoms with Gasteiger partial charge in [-0.05, 0) is 106 Å². The maximum Gasteiger partial charge on any atom is 0.136 e. The summed E-state index contributed by atoms with van der Waals surface area (Å²) in [4.78, 5) is 0. The van der Waals surface area contributed by atoms with E-state index >= 15 is 0 Å². The van der Waals surface area contributed by atoms with Gasteiger partial charge in [-0.3, -0.25) is 0 Å². The molecule has 266 valence electrons. The van der Waals surface area contributed by atoms with Crippen LogP contribution in [0.1, 0.15) is 0 Å². The van der Waals surface area contributed by atoms with Gasteiger partial charge in [0.2, 0.25) is 0 Å². The average molecular weight is 727 g/mol. The van der Waals surface area contributed by atoms with E-state index in [1.165, 1.54) is 65.9 Å². The lowest BCUT2D eigenvalue weighted by molar-refractivity contribution is 0.669. The van der Waals surface area contributed by atoms with Crippen molar-refractivity contribution in [3.8, 4) is 44.8 Å². The second-order valence-corrected chi connectivity index (χ2v) is 14.9. The molecular weight excluding hydrogens is 693 g/mol. The van der Waals surface area contributed by atoms with Crippen LogP contribution in [-0.2, 0) is 0 Å². The van der Waals surface area contributed by atoms with E-state index in [1.807, 2.05) is 12.1 Å². The second-order valence-electron chi connectivity index (χ2n) is 14.9. The highest BCUT2D eigenvalue weighted by molar-refractivity contribution is 6.12. The number of para-hydroxylation sites is 3. The fourth-order valence-corrected chi connectivity index (χ4v) is 9.02. The number of benzene rings is 9. The molecule has 9 aromatic carbocycles. The predicted octanol–water partition coefficient (Wildman–Crippen LogP) is 14.8. The highest BCUT2D eigenvalue weighted by Crippen LogP contribution is 2.39. The van der Waals surface area contributed by atoms with Crippen LogP contribution in [0.2, 0.25) is 0 Å². The first-order chi connectivity index (χ1) is 28.2. The summed E-state index contributed by atoms with van der Waals surface area (Å²) in [5, 5.41) is 7.25. The van der Waals surface area contributed by atoms with Gasteiger partial charge in [-0.15, -0.1) is 0 Å². The molecule has 12 rings (SSSR count). The van der Waals surface area contributed by atoms with E-state index < -0.39 is 0 Å². The fourth-order valence-electron chi connectivity index (χ4n) is 9.02. The number of fused-ring (bicyclic) bond motifs is 9. The van der Waals surface area contributed by atoms with Crippen LogP contribution in [0.3, 0.4) is 0 Å². The predicted molar refractivity (Wildman–Crippen MR) is 239 cm³/mol. The summed E-state index contributed by atoms with van der Waals surface area (Å²) in [7, 11) is 0. The topological polar surface area (TPSA) is 23.0 Å². The molecule has 0 radical (unpaired) electrons. The van der Waals surface area contributed by atoms with Gasteiger partial charge in [0.25, 0.3) is 0 Å². The maximum absolute atomic E-state index is 6.27. The molecule has 3 nitrogen and oxygen atoms in total. The third-order valence-corrected chi connectivity index (χ3v) is 11.7. The Bertz CT molecular complexity index is 3510. The average Bonchev–Trinajstić information content (AvgIpc) is 3.94. The van der Waals surface area contributed by atoms with E-state index in [0.29, 0.717) is 0 Å². The molecule has 0 bridgehead atoms. The number of hydrogen-bond acceptors (Lipinski definition) is 1. The Morgan fingerprint density at radius 1 is 0.246 bits per heavy atom. The minimum Gasteiger partial charge on any atom is -0.456 e. The molecule has 0 atom stereocenters. The van der Waals surface area contributed by atoms with Crippen molar-refractivity contribution in [1.82, 2.24) is 9.13 Å². The van der Waals surface area contributed by atoms with Gasteiger partial charge in [0.05, 0.1) is 22.1 Å². The largest absolute Gasteiger partial charge is 0.456 e. The molecule has 57 heavy (non-hydrogen) atoms. The molecule has 3 aromatic heterocycles. The van der Waals surface area contributed by atoms with Gasteiger partial charge in [0.1, 0.15) is 11.2 Å². The van der Waals surface area contributed by atoms with E-state index in [1.54, 1.807) is 0 Å². The molecular formula is C54H34N2O. The van der Waals surface area contributed by atoms with Crippen molar-refractivity contribution >= 4 is 65.6 Å². The molecule has 0 N–H and O–H groups in total. The zero-order valence-corrected chi connectivity index (χ0v) is 30.9. The van der Waals surface area contributed by atoms with Crippen LogP contribution in [0.4, 0.5) is 0 Å². The van der Waals surface area contributed by atoms with Crippen LogP contribution in [0.25, 0.3) is 110 Å². The summed E-state index contributed by atoms with van der Waals surface area (Å²) in [5.74, 6) is 0. The molecule has 0 aliphatic heterocycles. The van der Waals surface area contributed by atoms with Crippen LogP contribution in [0.15, 0.2) is 211 Å². The van der Waals surface area contributed by atoms with Gasteiger partial charge in [0.15, 0.2) is 0 Å². The van der Waals surface area contributed by atoms with E-state index in [4.69, 9.17) is 4.42 Å². The monoisotopic (exact) mass is 726 g/mol. The molecule has 3 heterocycles. The van der Waals surface area contributed by atoms with Crippen molar-refractivity contribution in [2.75, 3.05) is 0 Å². The van der Waals surface area contributed by atoms with Gasteiger partial charge in [-0.2, -0.15) is 0 Å². The van der Waals surface area contributed by atoms with Crippen molar-refractivity contribution in [3.63, 3.8) is 0 Å². The molecule has 0 aliphatic rings. The summed E-state index contributed by atoms with van der Waals surface area (Å²) < 4.78 is 11.1. The Morgan fingerprint density at radius 2 is 0.754 bits per heavy atom. The molecule has 0 spiro atoms. The van der Waals surface area contributed by atoms with Gasteiger partial charge >= 0.3 is 0 Å². The number of rotatable bonds is 5. The third kappa shape index (κ3) is 4.99. The van der Waals surface area contributed by atoms with Gasteiger partial charge < -0.3 is 13.6 Å². The Kier molecular flexibility index (Phi) is 6.93. The zero-order valence-electron chi connectivity index (χ0n) is 30.9. The lowest BCUT2D eigenvalue weighted by atomic mass is 10.0. The summed E-state index contributed by atoms with van der Waals surface area (Å²) in [5.41, 5.74) is 15.9. The van der Waals surface area contributed by atoms with Gasteiger partial charge in [-0.1, -0.05) is 133 Å². The van der Waals surface area contributed by atoms with E-state index in [2.05, 4.69) is 203 Å². The molecule has 12 aromatic rings. The molecule has 0 saturated heterocycles. The number of furan rings is 1. The second kappa shape index (κ2) is 12.5. The minimum atomic E-state index is 0.904. The normalized spacial score (nSPS) is 11.9. The standard InChI is InChI=1S/C54H34N2O/c1-2-11-35(12-3-1)36-21-26-41(27-22-36)55-50-19-8-5-16-44(50)48-32-38(25-30-51(48)55)39-23-28-45-43-15-4-7-18-49(43)56(52(45)33-39)42-14-10-13-37(31-42)40-24-29-47-46-17-6-9-20-53(46)57-54(47)34-40/h1-34H. The van der Waals surface area contributed by atoms with Crippen LogP contribution < -0.4 is 0 Å². The summed E-state index contributed by atoms with van der Waals surface area (Å²) in [6, 6.07) is 74.6. The minimum absolute atomic E-state index is 0.904. The van der Waals surface area contributed by atoms with Crippen LogP contribution in [0, 0.1) is 0 Å². The lowest BCUT2D eigenvalue weighted by Crippen LogP contribution is -1.95. The van der Waals surface area contributed by atoms with Gasteiger partial charge in [-0.25, -0.2) is 0 Å². The van der Waals surface area contributed by atoms with Crippen LogP contribution in [-0.4, -0.2) is 9.13 Å². The van der Waals surface area contributed by atoms with Crippen molar-refractivity contribution in [2.45, 2.75) is 0 Å². The smallest absolute Gasteiger partial charge is 0.136 e. The van der Waals surface area contributed by atoms with Crippen molar-refractivity contribution in [2.24, 2.45) is 0 Å². The Hall–Kier alpha value is -7.62. The summed E-state index contributed by atoms with van der Waals surface area (Å²) >= 11 is 0. The first-order valence-electron chi connectivity index (χ1n) is 19.5. The molecule has 0 fully saturated rings. The van der Waals surface area contributed by atoms with Crippen LogP contribution >= 0.6 is 0 Å². The highest BCUT2D eigenvalue weighted by atomic mass is 16.3. The fraction of sp³-hybridized carbons (Fsp3) is 0. The molecule has 0 amide bonds. The number of nitrogens with zero attached hydrogens (tertiary/aromatic N) is 2. The Morgan fingerprint density at radius 3 is 1.56 bits per heavy atom. The third-order valence-electron chi connectivity index (χ3n) is 11.7. The molecule has 0 unspecified atom stereocenters. The quantitative estimate of drug-likeness (QED) is 0.173. The number of hydrogen-bond donors (Lipinski definition) is 0. The molecule has 3 heteroatoms. The van der Waals surface area contributed by atoms with E-state index in [-0.39, 0.29) is 0 Å². The molecule has 0 saturated carbocycles. The Balaban J connectivity index is 0.982. The van der Waals surface area contributed by atoms with Crippen LogP contribution in [0.5, 0.6) is 0 Å². The summed E-state index contributed by atoms with van der Waals surface area (Å²) in [6.45, 7) is 0. The highest BCUT2D eigenvalue weighted by Gasteiger charge is 2.17. The maximum atomic E-state index is 6.27. The summed E-state index contributed by atoms with van der Waals surface area (Å²) in [6.07, 6.45) is 0.